The van der Waals surface area contributed by atoms with Gasteiger partial charge in [0.15, 0.2) is 0 Å². The van der Waals surface area contributed by atoms with E-state index >= 15 is 0 Å². The largest absolute Gasteiger partial charge is 0.490 e. The van der Waals surface area contributed by atoms with Crippen LogP contribution in [0.3, 0.4) is 0 Å². The first kappa shape index (κ1) is 27.0. The molecule has 4 heterocycles. The van der Waals surface area contributed by atoms with Crippen LogP contribution in [-0.2, 0) is 38.8 Å². The number of carbonyl (C=O) groups excluding carboxylic acids is 1. The first-order chi connectivity index (χ1) is 17.6. The summed E-state index contributed by atoms with van der Waals surface area (Å²) in [5.41, 5.74) is 5.05. The number of aryl methyl sites for hydroxylation is 1. The summed E-state index contributed by atoms with van der Waals surface area (Å²) in [5.74, 6) is -1.82. The number of aromatic nitrogens is 1. The zero-order chi connectivity index (χ0) is 26.6. The number of carboxylic acids is 1. The Balaban J connectivity index is 0.000000405. The third-order valence-corrected chi connectivity index (χ3v) is 6.77. The summed E-state index contributed by atoms with van der Waals surface area (Å²) in [5, 5.41) is 7.12. The fourth-order valence-electron chi connectivity index (χ4n) is 4.84. The molecule has 2 fully saturated rings. The minimum atomic E-state index is -5.08. The number of likely N-dealkylation sites (tertiary alicyclic amines) is 1. The second kappa shape index (κ2) is 11.6. The molecule has 200 valence electrons. The molecule has 3 aliphatic rings. The maximum atomic E-state index is 13.0. The average Bonchev–Trinajstić information content (AvgIpc) is 3.57. The number of halogens is 3. The number of hydrogen-bond donors (Lipinski definition) is 1. The van der Waals surface area contributed by atoms with Gasteiger partial charge in [-0.1, -0.05) is 12.1 Å². The standard InChI is InChI=1S/C24H28N2O4.C2HF3O2/c1-16-3-2-4-21(25-16)15-28-8-7-19-14-30-23-11-26(10-22(19)23)24(27)17-5-6-18-12-29-13-20(18)9-17;3-2(4,5)1(6)7/h2-6,9,19,22-23H,7-8,10-15H2,1H3;(H,6,7)/t19-,22-,23-;/m0./s1. The second-order valence-electron chi connectivity index (χ2n) is 9.40. The molecule has 3 aliphatic heterocycles. The highest BCUT2D eigenvalue weighted by molar-refractivity contribution is 5.94. The number of aliphatic carboxylic acids is 1. The van der Waals surface area contributed by atoms with Gasteiger partial charge < -0.3 is 24.2 Å². The molecule has 8 nitrogen and oxygen atoms in total. The number of benzene rings is 1. The van der Waals surface area contributed by atoms with Gasteiger partial charge in [0.2, 0.25) is 0 Å². The van der Waals surface area contributed by atoms with Crippen LogP contribution in [-0.4, -0.2) is 65.5 Å². The highest BCUT2D eigenvalue weighted by Crippen LogP contribution is 2.36. The van der Waals surface area contributed by atoms with E-state index in [-0.39, 0.29) is 12.0 Å². The molecule has 1 amide bonds. The number of pyridine rings is 1. The number of fused-ring (bicyclic) bond motifs is 2. The number of hydrogen-bond acceptors (Lipinski definition) is 6. The van der Waals surface area contributed by atoms with E-state index in [9.17, 15) is 18.0 Å². The van der Waals surface area contributed by atoms with Crippen LogP contribution in [0.5, 0.6) is 0 Å². The summed E-state index contributed by atoms with van der Waals surface area (Å²) in [4.78, 5) is 28.4. The number of carbonyl (C=O) groups is 2. The van der Waals surface area contributed by atoms with E-state index in [1.54, 1.807) is 0 Å². The summed E-state index contributed by atoms with van der Waals surface area (Å²) < 4.78 is 49.1. The predicted molar refractivity (Wildman–Crippen MR) is 124 cm³/mol. The monoisotopic (exact) mass is 522 g/mol. The Hall–Kier alpha value is -3.02. The lowest BCUT2D eigenvalue weighted by Gasteiger charge is -2.20. The topological polar surface area (TPSA) is 98.2 Å². The van der Waals surface area contributed by atoms with E-state index in [4.69, 9.17) is 24.1 Å². The van der Waals surface area contributed by atoms with Gasteiger partial charge in [0.1, 0.15) is 0 Å². The SMILES string of the molecule is Cc1cccc(COCC[C@H]2CO[C@H]3CN(C(=O)c4ccc5c(c4)COC5)C[C@@H]23)n1.O=C(O)C(F)(F)F. The van der Waals surface area contributed by atoms with Crippen molar-refractivity contribution < 1.29 is 42.1 Å². The van der Waals surface area contributed by atoms with Gasteiger partial charge in [-0.05, 0) is 54.7 Å². The zero-order valence-corrected chi connectivity index (χ0v) is 20.4. The number of nitrogens with zero attached hydrogens (tertiary/aromatic N) is 2. The fourth-order valence-corrected chi connectivity index (χ4v) is 4.84. The second-order valence-corrected chi connectivity index (χ2v) is 9.40. The lowest BCUT2D eigenvalue weighted by atomic mass is 9.91. The molecular formula is C26H29F3N2O6. The van der Waals surface area contributed by atoms with Crippen molar-refractivity contribution >= 4 is 11.9 Å². The molecule has 0 bridgehead atoms. The number of carboxylic acid groups (broad SMARTS) is 1. The van der Waals surface area contributed by atoms with E-state index in [1.165, 1.54) is 5.56 Å². The average molecular weight is 523 g/mol. The van der Waals surface area contributed by atoms with Gasteiger partial charge in [0, 0.05) is 36.9 Å². The van der Waals surface area contributed by atoms with Crippen molar-refractivity contribution in [1.82, 2.24) is 9.88 Å². The molecule has 5 rings (SSSR count). The van der Waals surface area contributed by atoms with Crippen molar-refractivity contribution in [2.24, 2.45) is 11.8 Å². The van der Waals surface area contributed by atoms with Gasteiger partial charge in [-0.2, -0.15) is 13.2 Å². The molecular weight excluding hydrogens is 493 g/mol. The van der Waals surface area contributed by atoms with Gasteiger partial charge in [-0.25, -0.2) is 4.79 Å². The minimum Gasteiger partial charge on any atom is -0.475 e. The Kier molecular flexibility index (Phi) is 8.46. The van der Waals surface area contributed by atoms with E-state index in [0.717, 1.165) is 42.1 Å². The van der Waals surface area contributed by atoms with E-state index in [2.05, 4.69) is 4.98 Å². The summed E-state index contributed by atoms with van der Waals surface area (Å²) in [6.07, 6.45) is -3.99. The lowest BCUT2D eigenvalue weighted by Crippen LogP contribution is -2.31. The quantitative estimate of drug-likeness (QED) is 0.577. The number of ether oxygens (including phenoxy) is 3. The number of amides is 1. The van der Waals surface area contributed by atoms with Crippen LogP contribution in [0.4, 0.5) is 13.2 Å². The maximum absolute atomic E-state index is 13.0. The van der Waals surface area contributed by atoms with Crippen LogP contribution in [0.25, 0.3) is 0 Å². The number of rotatable bonds is 6. The summed E-state index contributed by atoms with van der Waals surface area (Å²) >= 11 is 0. The Labute approximate surface area is 212 Å². The van der Waals surface area contributed by atoms with Crippen molar-refractivity contribution in [3.63, 3.8) is 0 Å². The lowest BCUT2D eigenvalue weighted by molar-refractivity contribution is -0.192. The Bertz CT molecular complexity index is 1130. The molecule has 3 atom stereocenters. The molecule has 0 radical (unpaired) electrons. The van der Waals surface area contributed by atoms with Gasteiger partial charge in [0.25, 0.3) is 5.91 Å². The summed E-state index contributed by atoms with van der Waals surface area (Å²) in [6.45, 7) is 6.67. The molecule has 0 saturated carbocycles. The molecule has 1 N–H and O–H groups in total. The zero-order valence-electron chi connectivity index (χ0n) is 20.4. The van der Waals surface area contributed by atoms with Crippen LogP contribution in [0.2, 0.25) is 0 Å². The normalized spacial score (nSPS) is 22.3. The molecule has 1 aromatic heterocycles. The molecule has 0 unspecified atom stereocenters. The molecule has 1 aromatic carbocycles. The third-order valence-electron chi connectivity index (χ3n) is 6.77. The van der Waals surface area contributed by atoms with Crippen LogP contribution in [0.1, 0.15) is 39.3 Å². The molecule has 2 saturated heterocycles. The van der Waals surface area contributed by atoms with Crippen LogP contribution >= 0.6 is 0 Å². The fraction of sp³-hybridized carbons (Fsp3) is 0.500. The first-order valence-electron chi connectivity index (χ1n) is 12.0. The van der Waals surface area contributed by atoms with E-state index < -0.39 is 12.1 Å². The van der Waals surface area contributed by atoms with Gasteiger partial charge >= 0.3 is 12.1 Å². The van der Waals surface area contributed by atoms with Crippen molar-refractivity contribution in [2.75, 3.05) is 26.3 Å². The Morgan fingerprint density at radius 3 is 2.65 bits per heavy atom. The number of alkyl halides is 3. The first-order valence-corrected chi connectivity index (χ1v) is 12.0. The van der Waals surface area contributed by atoms with Crippen molar-refractivity contribution in [1.29, 1.82) is 0 Å². The summed E-state index contributed by atoms with van der Waals surface area (Å²) in [7, 11) is 0. The smallest absolute Gasteiger partial charge is 0.475 e. The molecule has 11 heteroatoms. The predicted octanol–water partition coefficient (Wildman–Crippen LogP) is 3.75. The van der Waals surface area contributed by atoms with E-state index in [0.29, 0.717) is 44.8 Å². The highest BCUT2D eigenvalue weighted by atomic mass is 19.4. The molecule has 2 aromatic rings. The summed E-state index contributed by atoms with van der Waals surface area (Å²) in [6, 6.07) is 11.9. The minimum absolute atomic E-state index is 0.100. The Morgan fingerprint density at radius 2 is 1.92 bits per heavy atom. The van der Waals surface area contributed by atoms with E-state index in [1.807, 2.05) is 48.2 Å². The van der Waals surface area contributed by atoms with Gasteiger partial charge in [0.05, 0.1) is 38.2 Å². The van der Waals surface area contributed by atoms with Crippen molar-refractivity contribution in [3.8, 4) is 0 Å². The Morgan fingerprint density at radius 1 is 1.16 bits per heavy atom. The third kappa shape index (κ3) is 6.85. The highest BCUT2D eigenvalue weighted by Gasteiger charge is 2.45. The van der Waals surface area contributed by atoms with Crippen LogP contribution < -0.4 is 0 Å². The van der Waals surface area contributed by atoms with Gasteiger partial charge in [-0.15, -0.1) is 0 Å². The maximum Gasteiger partial charge on any atom is 0.490 e. The molecule has 0 aliphatic carbocycles. The van der Waals surface area contributed by atoms with Crippen LogP contribution in [0, 0.1) is 18.8 Å². The van der Waals surface area contributed by atoms with Gasteiger partial charge in [-0.3, -0.25) is 9.78 Å². The van der Waals surface area contributed by atoms with Crippen molar-refractivity contribution in [3.05, 3.63) is 64.5 Å². The molecule has 0 spiro atoms. The van der Waals surface area contributed by atoms with Crippen LogP contribution in [0.15, 0.2) is 36.4 Å². The molecule has 37 heavy (non-hydrogen) atoms. The van der Waals surface area contributed by atoms with Crippen molar-refractivity contribution in [2.45, 2.75) is 45.4 Å².